The number of hydrogen-bond acceptors (Lipinski definition) is 5. The summed E-state index contributed by atoms with van der Waals surface area (Å²) < 4.78 is 16.5. The van der Waals surface area contributed by atoms with Crippen LogP contribution in [0.4, 0.5) is 0 Å². The topological polar surface area (TPSA) is 61.8 Å². The molecule has 29 heavy (non-hydrogen) atoms. The van der Waals surface area contributed by atoms with Crippen molar-refractivity contribution < 1.29 is 23.8 Å². The van der Waals surface area contributed by atoms with Crippen molar-refractivity contribution in [2.24, 2.45) is 0 Å². The third kappa shape index (κ3) is 3.62. The number of hydrogen-bond donors (Lipinski definition) is 0. The number of aryl methyl sites for hydroxylation is 1. The van der Waals surface area contributed by atoms with Gasteiger partial charge in [0.2, 0.25) is 5.78 Å². The number of fused-ring (bicyclic) bond motifs is 1. The molecule has 5 heteroatoms. The molecule has 0 saturated carbocycles. The Morgan fingerprint density at radius 2 is 1.76 bits per heavy atom. The molecule has 1 aliphatic rings. The van der Waals surface area contributed by atoms with E-state index in [1.807, 2.05) is 19.1 Å². The van der Waals surface area contributed by atoms with E-state index in [0.717, 1.165) is 5.56 Å². The van der Waals surface area contributed by atoms with Crippen molar-refractivity contribution in [3.05, 3.63) is 94.7 Å². The molecule has 1 aliphatic heterocycles. The summed E-state index contributed by atoms with van der Waals surface area (Å²) in [5.41, 5.74) is 2.35. The molecule has 144 valence electrons. The van der Waals surface area contributed by atoms with E-state index in [2.05, 4.69) is 0 Å². The van der Waals surface area contributed by atoms with Crippen LogP contribution in [0.1, 0.15) is 31.8 Å². The largest absolute Gasteiger partial charge is 0.497 e. The van der Waals surface area contributed by atoms with Gasteiger partial charge < -0.3 is 14.2 Å². The average Bonchev–Trinajstić information content (AvgIpc) is 3.04. The summed E-state index contributed by atoms with van der Waals surface area (Å²) >= 11 is 0. The van der Waals surface area contributed by atoms with Crippen molar-refractivity contribution in [2.75, 3.05) is 7.11 Å². The molecule has 0 radical (unpaired) electrons. The van der Waals surface area contributed by atoms with Gasteiger partial charge in [-0.15, -0.1) is 0 Å². The number of Topliss-reactive ketones (excluding diaryl/α,β-unsaturated/α-hetero) is 1. The summed E-state index contributed by atoms with van der Waals surface area (Å²) in [6.45, 7) is 1.85. The highest BCUT2D eigenvalue weighted by Gasteiger charge is 2.28. The van der Waals surface area contributed by atoms with Gasteiger partial charge in [-0.3, -0.25) is 4.79 Å². The molecular weight excluding hydrogens is 368 g/mol. The fourth-order valence-electron chi connectivity index (χ4n) is 3.08. The van der Waals surface area contributed by atoms with Gasteiger partial charge in [0.05, 0.1) is 18.2 Å². The number of ketones is 1. The Morgan fingerprint density at radius 3 is 2.55 bits per heavy atom. The Labute approximate surface area is 168 Å². The van der Waals surface area contributed by atoms with Crippen LogP contribution >= 0.6 is 0 Å². The zero-order valence-electron chi connectivity index (χ0n) is 16.0. The van der Waals surface area contributed by atoms with Gasteiger partial charge in [0.25, 0.3) is 0 Å². The first-order chi connectivity index (χ1) is 14.1. The van der Waals surface area contributed by atoms with Gasteiger partial charge in [-0.1, -0.05) is 36.4 Å². The fourth-order valence-corrected chi connectivity index (χ4v) is 3.08. The van der Waals surface area contributed by atoms with Gasteiger partial charge in [-0.05, 0) is 42.8 Å². The lowest BCUT2D eigenvalue weighted by Crippen LogP contribution is -2.11. The Bertz CT molecular complexity index is 1140. The maximum atomic E-state index is 12.7. The second-order valence-corrected chi connectivity index (χ2v) is 6.54. The molecule has 0 N–H and O–H groups in total. The summed E-state index contributed by atoms with van der Waals surface area (Å²) in [6, 6.07) is 19.3. The molecule has 0 aliphatic carbocycles. The summed E-state index contributed by atoms with van der Waals surface area (Å²) in [5, 5.41) is 0. The van der Waals surface area contributed by atoms with Crippen LogP contribution in [0, 0.1) is 6.92 Å². The van der Waals surface area contributed by atoms with Gasteiger partial charge in [-0.25, -0.2) is 4.79 Å². The first-order valence-corrected chi connectivity index (χ1v) is 9.06. The number of allylic oxidation sites excluding steroid dienone is 1. The highest BCUT2D eigenvalue weighted by molar-refractivity contribution is 6.14. The number of ether oxygens (including phenoxy) is 3. The minimum absolute atomic E-state index is 0.160. The van der Waals surface area contributed by atoms with Crippen molar-refractivity contribution in [3.8, 4) is 17.2 Å². The molecule has 0 spiro atoms. The second-order valence-electron chi connectivity index (χ2n) is 6.54. The Kier molecular flexibility index (Phi) is 4.87. The molecule has 0 atom stereocenters. The monoisotopic (exact) mass is 386 g/mol. The number of rotatable bonds is 4. The van der Waals surface area contributed by atoms with Crippen LogP contribution in [-0.4, -0.2) is 18.9 Å². The van der Waals surface area contributed by atoms with E-state index in [9.17, 15) is 9.59 Å². The number of carbonyl (C=O) groups is 2. The summed E-state index contributed by atoms with van der Waals surface area (Å²) in [4.78, 5) is 25.2. The number of carbonyl (C=O) groups excluding carboxylic acids is 2. The standard InChI is InChI=1S/C24H18O5/c1-15-7-3-5-9-18(15)24(26)29-20-10-6-4-8-16(20)13-22-23(25)19-12-11-17(27-2)14-21(19)28-22/h3-14H,1-2H3/b22-13-. The van der Waals surface area contributed by atoms with Gasteiger partial charge in [0.15, 0.2) is 5.76 Å². The van der Waals surface area contributed by atoms with Crippen molar-refractivity contribution >= 4 is 17.8 Å². The molecule has 0 bridgehead atoms. The minimum atomic E-state index is -0.458. The van der Waals surface area contributed by atoms with Crippen LogP contribution in [0.3, 0.4) is 0 Å². The zero-order chi connectivity index (χ0) is 20.4. The number of para-hydroxylation sites is 1. The lowest BCUT2D eigenvalue weighted by molar-refractivity contribution is 0.0733. The number of esters is 1. The Hall–Kier alpha value is -3.86. The molecule has 4 rings (SSSR count). The molecule has 5 nitrogen and oxygen atoms in total. The molecule has 0 fully saturated rings. The van der Waals surface area contributed by atoms with Crippen LogP contribution in [0.5, 0.6) is 17.2 Å². The van der Waals surface area contributed by atoms with Crippen molar-refractivity contribution in [2.45, 2.75) is 6.92 Å². The lowest BCUT2D eigenvalue weighted by atomic mass is 10.1. The molecule has 3 aromatic carbocycles. The van der Waals surface area contributed by atoms with Crippen LogP contribution in [0.2, 0.25) is 0 Å². The normalized spacial score (nSPS) is 13.7. The predicted molar refractivity (Wildman–Crippen MR) is 109 cm³/mol. The third-order valence-electron chi connectivity index (χ3n) is 4.65. The summed E-state index contributed by atoms with van der Waals surface area (Å²) in [6.07, 6.45) is 1.58. The second kappa shape index (κ2) is 7.64. The van der Waals surface area contributed by atoms with Crippen LogP contribution in [-0.2, 0) is 0 Å². The smallest absolute Gasteiger partial charge is 0.343 e. The van der Waals surface area contributed by atoms with E-state index in [1.54, 1.807) is 67.8 Å². The summed E-state index contributed by atoms with van der Waals surface area (Å²) in [7, 11) is 1.55. The van der Waals surface area contributed by atoms with Gasteiger partial charge >= 0.3 is 5.97 Å². The molecule has 0 amide bonds. The Morgan fingerprint density at radius 1 is 1.00 bits per heavy atom. The highest BCUT2D eigenvalue weighted by Crippen LogP contribution is 2.35. The van der Waals surface area contributed by atoms with E-state index in [-0.39, 0.29) is 11.5 Å². The molecule has 3 aromatic rings. The van der Waals surface area contributed by atoms with Gasteiger partial charge in [0, 0.05) is 11.6 Å². The molecular formula is C24H18O5. The number of benzene rings is 3. The van der Waals surface area contributed by atoms with Crippen LogP contribution < -0.4 is 14.2 Å². The quantitative estimate of drug-likeness (QED) is 0.365. The van der Waals surface area contributed by atoms with E-state index < -0.39 is 5.97 Å². The molecule has 0 unspecified atom stereocenters. The van der Waals surface area contributed by atoms with E-state index in [0.29, 0.717) is 33.9 Å². The van der Waals surface area contributed by atoms with Crippen molar-refractivity contribution in [1.82, 2.24) is 0 Å². The highest BCUT2D eigenvalue weighted by atomic mass is 16.5. The first-order valence-electron chi connectivity index (χ1n) is 9.06. The average molecular weight is 386 g/mol. The molecule has 0 saturated heterocycles. The van der Waals surface area contributed by atoms with Crippen molar-refractivity contribution in [1.29, 1.82) is 0 Å². The van der Waals surface area contributed by atoms with Gasteiger partial charge in [-0.2, -0.15) is 0 Å². The lowest BCUT2D eigenvalue weighted by Gasteiger charge is -2.09. The summed E-state index contributed by atoms with van der Waals surface area (Å²) in [5.74, 6) is 0.856. The van der Waals surface area contributed by atoms with Crippen LogP contribution in [0.15, 0.2) is 72.5 Å². The minimum Gasteiger partial charge on any atom is -0.497 e. The fraction of sp³-hybridized carbons (Fsp3) is 0.0833. The molecule has 1 heterocycles. The van der Waals surface area contributed by atoms with E-state index >= 15 is 0 Å². The van der Waals surface area contributed by atoms with E-state index in [1.165, 1.54) is 0 Å². The van der Waals surface area contributed by atoms with Gasteiger partial charge in [0.1, 0.15) is 17.2 Å². The van der Waals surface area contributed by atoms with Crippen LogP contribution in [0.25, 0.3) is 6.08 Å². The first kappa shape index (κ1) is 18.5. The maximum absolute atomic E-state index is 12.7. The SMILES string of the molecule is COc1ccc2c(c1)O/C(=C\c1ccccc1OC(=O)c1ccccc1C)C2=O. The number of methoxy groups -OCH3 is 1. The molecule has 0 aromatic heterocycles. The predicted octanol–water partition coefficient (Wildman–Crippen LogP) is 4.84. The third-order valence-corrected chi connectivity index (χ3v) is 4.65. The van der Waals surface area contributed by atoms with Crippen molar-refractivity contribution in [3.63, 3.8) is 0 Å². The van der Waals surface area contributed by atoms with E-state index in [4.69, 9.17) is 14.2 Å². The maximum Gasteiger partial charge on any atom is 0.343 e. The Balaban J connectivity index is 1.63. The zero-order valence-corrected chi connectivity index (χ0v) is 16.0.